The molecular formula is C22H39N3O3Si. The van der Waals surface area contributed by atoms with Gasteiger partial charge in [0.1, 0.15) is 0 Å². The van der Waals surface area contributed by atoms with Crippen LogP contribution in [0.3, 0.4) is 0 Å². The van der Waals surface area contributed by atoms with Crippen LogP contribution in [-0.2, 0) is 19.3 Å². The Labute approximate surface area is 175 Å². The lowest BCUT2D eigenvalue weighted by Crippen LogP contribution is -2.57. The lowest BCUT2D eigenvalue weighted by atomic mass is 10.4. The molecule has 0 aliphatic carbocycles. The van der Waals surface area contributed by atoms with E-state index in [-0.39, 0.29) is 13.1 Å². The Morgan fingerprint density at radius 1 is 0.690 bits per heavy atom. The molecule has 0 aliphatic rings. The van der Waals surface area contributed by atoms with E-state index < -0.39 is 25.1 Å². The van der Waals surface area contributed by atoms with Crippen LogP contribution in [-0.4, -0.2) is 21.8 Å². The highest BCUT2D eigenvalue weighted by Gasteiger charge is 2.33. The first-order chi connectivity index (χ1) is 13.9. The molecule has 164 valence electrons. The second-order valence-corrected chi connectivity index (χ2v) is 12.9. The first kappa shape index (κ1) is 25.1. The Morgan fingerprint density at radius 3 is 1.34 bits per heavy atom. The quantitative estimate of drug-likeness (QED) is 0.318. The van der Waals surface area contributed by atoms with Gasteiger partial charge in [-0.25, -0.2) is 28.1 Å². The molecule has 0 amide bonds. The van der Waals surface area contributed by atoms with E-state index in [0.717, 1.165) is 65.8 Å². The molecule has 0 bridgehead atoms. The maximum Gasteiger partial charge on any atom is 0.336 e. The Bertz CT molecular complexity index is 765. The summed E-state index contributed by atoms with van der Waals surface area (Å²) in [4.78, 5) is 38.9. The third-order valence-electron chi connectivity index (χ3n) is 5.68. The average molecular weight is 422 g/mol. The highest BCUT2D eigenvalue weighted by molar-refractivity contribution is 6.78. The summed E-state index contributed by atoms with van der Waals surface area (Å²) in [6, 6.07) is 3.37. The van der Waals surface area contributed by atoms with Gasteiger partial charge < -0.3 is 0 Å². The van der Waals surface area contributed by atoms with Crippen LogP contribution in [0.15, 0.2) is 39.7 Å². The Kier molecular flexibility index (Phi) is 10.9. The predicted molar refractivity (Wildman–Crippen MR) is 125 cm³/mol. The van der Waals surface area contributed by atoms with Crippen LogP contribution in [0.1, 0.15) is 59.3 Å². The summed E-state index contributed by atoms with van der Waals surface area (Å²) in [5.74, 6) is 0. The van der Waals surface area contributed by atoms with E-state index in [2.05, 4.69) is 33.9 Å². The van der Waals surface area contributed by atoms with Gasteiger partial charge in [0.05, 0.1) is 21.2 Å². The maximum absolute atomic E-state index is 13.1. The van der Waals surface area contributed by atoms with Crippen molar-refractivity contribution >= 4 is 8.07 Å². The van der Waals surface area contributed by atoms with Crippen LogP contribution in [0.5, 0.6) is 0 Å². The van der Waals surface area contributed by atoms with Gasteiger partial charge in [0.25, 0.3) is 0 Å². The lowest BCUT2D eigenvalue weighted by Gasteiger charge is -2.32. The van der Waals surface area contributed by atoms with Gasteiger partial charge in [-0.05, 0) is 0 Å². The van der Waals surface area contributed by atoms with E-state index in [9.17, 15) is 14.4 Å². The minimum absolute atomic E-state index is 0.0997. The van der Waals surface area contributed by atoms with Crippen molar-refractivity contribution in [3.63, 3.8) is 0 Å². The van der Waals surface area contributed by atoms with E-state index in [4.69, 9.17) is 0 Å². The SMILES string of the molecule is C=CCn1c(=O)n(CC=C)c(=O)n(C[Si](CCCC)(CCCC)CCCC)c1=O. The van der Waals surface area contributed by atoms with E-state index in [1.807, 2.05) is 0 Å². The molecule has 1 heterocycles. The smallest absolute Gasteiger partial charge is 0.248 e. The molecule has 1 aromatic rings. The molecule has 0 N–H and O–H groups in total. The second-order valence-electron chi connectivity index (χ2n) is 8.04. The van der Waals surface area contributed by atoms with Gasteiger partial charge in [0, 0.05) is 6.17 Å². The fourth-order valence-corrected chi connectivity index (χ4v) is 9.47. The monoisotopic (exact) mass is 421 g/mol. The third kappa shape index (κ3) is 6.56. The Morgan fingerprint density at radius 2 is 1.03 bits per heavy atom. The van der Waals surface area contributed by atoms with Crippen LogP contribution < -0.4 is 17.1 Å². The molecule has 1 rings (SSSR count). The van der Waals surface area contributed by atoms with E-state index in [1.54, 1.807) is 0 Å². The minimum Gasteiger partial charge on any atom is -0.248 e. The summed E-state index contributed by atoms with van der Waals surface area (Å²) in [6.45, 7) is 14.1. The first-order valence-corrected chi connectivity index (χ1v) is 13.9. The lowest BCUT2D eigenvalue weighted by molar-refractivity contribution is 0.504. The maximum atomic E-state index is 13.1. The summed E-state index contributed by atoms with van der Waals surface area (Å²) < 4.78 is 3.59. The highest BCUT2D eigenvalue weighted by atomic mass is 28.3. The van der Waals surface area contributed by atoms with Gasteiger partial charge >= 0.3 is 17.1 Å². The number of nitrogens with zero attached hydrogens (tertiary/aromatic N) is 3. The molecule has 29 heavy (non-hydrogen) atoms. The molecule has 7 heteroatoms. The standard InChI is InChI=1S/C22H39N3O3Si/c1-6-11-16-29(17-12-7-2,18-13-8-3)19-25-21(27)23(14-9-4)20(26)24(15-10-5)22(25)28/h9-10H,4-8,11-19H2,1-3H3. The largest absolute Gasteiger partial charge is 0.336 e. The zero-order valence-electron chi connectivity index (χ0n) is 18.6. The van der Waals surface area contributed by atoms with Gasteiger partial charge in [0.2, 0.25) is 0 Å². The number of unbranched alkanes of at least 4 members (excludes halogenated alkanes) is 3. The van der Waals surface area contributed by atoms with Crippen molar-refractivity contribution in [2.24, 2.45) is 0 Å². The fraction of sp³-hybridized carbons (Fsp3) is 0.682. The van der Waals surface area contributed by atoms with E-state index >= 15 is 0 Å². The summed E-state index contributed by atoms with van der Waals surface area (Å²) >= 11 is 0. The number of aromatic nitrogens is 3. The molecule has 0 aliphatic heterocycles. The second kappa shape index (κ2) is 12.6. The number of hydrogen-bond donors (Lipinski definition) is 0. The van der Waals surface area contributed by atoms with E-state index in [0.29, 0.717) is 6.17 Å². The molecule has 0 fully saturated rings. The van der Waals surface area contributed by atoms with Gasteiger partial charge in [-0.15, -0.1) is 13.2 Å². The van der Waals surface area contributed by atoms with Crippen LogP contribution >= 0.6 is 0 Å². The third-order valence-corrected chi connectivity index (χ3v) is 10.9. The number of hydrogen-bond acceptors (Lipinski definition) is 3. The molecule has 0 atom stereocenters. The summed E-state index contributed by atoms with van der Waals surface area (Å²) in [7, 11) is -1.89. The molecule has 0 spiro atoms. The van der Waals surface area contributed by atoms with Gasteiger partial charge in [0.15, 0.2) is 0 Å². The molecule has 0 radical (unpaired) electrons. The Hall–Kier alpha value is -1.89. The number of rotatable bonds is 15. The predicted octanol–water partition coefficient (Wildman–Crippen LogP) is 3.93. The van der Waals surface area contributed by atoms with Crippen LogP contribution in [0.2, 0.25) is 18.1 Å². The molecular weight excluding hydrogens is 382 g/mol. The molecule has 1 aromatic heterocycles. The summed E-state index contributed by atoms with van der Waals surface area (Å²) in [5, 5.41) is 0. The molecule has 0 aromatic carbocycles. The van der Waals surface area contributed by atoms with Crippen LogP contribution in [0.4, 0.5) is 0 Å². The fourth-order valence-electron chi connectivity index (χ4n) is 3.99. The van der Waals surface area contributed by atoms with Crippen molar-refractivity contribution in [3.05, 3.63) is 56.8 Å². The van der Waals surface area contributed by atoms with Crippen molar-refractivity contribution < 1.29 is 0 Å². The van der Waals surface area contributed by atoms with Crippen molar-refractivity contribution in [2.75, 3.05) is 0 Å². The summed E-state index contributed by atoms with van der Waals surface area (Å²) in [6.07, 6.45) is 10.2. The van der Waals surface area contributed by atoms with Gasteiger partial charge in [-0.2, -0.15) is 0 Å². The van der Waals surface area contributed by atoms with Gasteiger partial charge in [-0.3, -0.25) is 0 Å². The van der Waals surface area contributed by atoms with Gasteiger partial charge in [-0.1, -0.05) is 89.6 Å². The van der Waals surface area contributed by atoms with Crippen molar-refractivity contribution in [2.45, 2.75) is 96.7 Å². The van der Waals surface area contributed by atoms with Crippen molar-refractivity contribution in [3.8, 4) is 0 Å². The zero-order chi connectivity index (χ0) is 21.9. The first-order valence-electron chi connectivity index (χ1n) is 11.1. The minimum atomic E-state index is -1.89. The van der Waals surface area contributed by atoms with Crippen LogP contribution in [0.25, 0.3) is 0 Å². The summed E-state index contributed by atoms with van der Waals surface area (Å²) in [5.41, 5.74) is -1.58. The Balaban J connectivity index is 3.61. The molecule has 6 nitrogen and oxygen atoms in total. The van der Waals surface area contributed by atoms with Crippen LogP contribution in [0, 0.1) is 0 Å². The molecule has 0 unspecified atom stereocenters. The van der Waals surface area contributed by atoms with E-state index in [1.165, 1.54) is 16.7 Å². The van der Waals surface area contributed by atoms with Crippen molar-refractivity contribution in [1.29, 1.82) is 0 Å². The molecule has 0 saturated heterocycles. The average Bonchev–Trinajstić information content (AvgIpc) is 2.72. The highest BCUT2D eigenvalue weighted by Crippen LogP contribution is 2.29. The topological polar surface area (TPSA) is 66.0 Å². The zero-order valence-corrected chi connectivity index (χ0v) is 19.6. The normalized spacial score (nSPS) is 11.6. The molecule has 0 saturated carbocycles. The number of allylic oxidation sites excluding steroid dienone is 2. The van der Waals surface area contributed by atoms with Crippen molar-refractivity contribution in [1.82, 2.24) is 13.7 Å².